The van der Waals surface area contributed by atoms with Crippen LogP contribution in [0.25, 0.3) is 11.4 Å². The van der Waals surface area contributed by atoms with E-state index >= 15 is 0 Å². The first kappa shape index (κ1) is 20.3. The van der Waals surface area contributed by atoms with Gasteiger partial charge in [0.15, 0.2) is 11.0 Å². The summed E-state index contributed by atoms with van der Waals surface area (Å²) in [4.78, 5) is 41.5. The van der Waals surface area contributed by atoms with Gasteiger partial charge in [-0.15, -0.1) is 10.2 Å². The minimum atomic E-state index is -0.882. The molecule has 1 spiro atoms. The number of amides is 4. The number of hydrazine groups is 1. The normalized spacial score (nSPS) is 23.7. The van der Waals surface area contributed by atoms with Crippen molar-refractivity contribution >= 4 is 29.6 Å². The van der Waals surface area contributed by atoms with Crippen LogP contribution in [0.3, 0.4) is 0 Å². The number of hydrogen-bond donors (Lipinski definition) is 2. The molecule has 1 saturated carbocycles. The van der Waals surface area contributed by atoms with Crippen molar-refractivity contribution < 1.29 is 14.4 Å². The first-order valence-electron chi connectivity index (χ1n) is 9.78. The van der Waals surface area contributed by atoms with Gasteiger partial charge in [-0.1, -0.05) is 18.7 Å². The molecule has 0 bridgehead atoms. The van der Waals surface area contributed by atoms with Gasteiger partial charge in [-0.3, -0.25) is 20.0 Å². The van der Waals surface area contributed by atoms with Crippen LogP contribution < -0.4 is 10.7 Å². The van der Waals surface area contributed by atoms with E-state index in [0.717, 1.165) is 23.4 Å². The quantitative estimate of drug-likeness (QED) is 0.545. The van der Waals surface area contributed by atoms with E-state index in [0.29, 0.717) is 29.7 Å². The van der Waals surface area contributed by atoms with Crippen LogP contribution in [0, 0.1) is 5.92 Å². The summed E-state index contributed by atoms with van der Waals surface area (Å²) in [6.45, 7) is 2.14. The average molecular weight is 430 g/mol. The van der Waals surface area contributed by atoms with Crippen molar-refractivity contribution in [2.45, 2.75) is 43.3 Å². The van der Waals surface area contributed by atoms with Crippen LogP contribution in [0.2, 0.25) is 0 Å². The zero-order valence-corrected chi connectivity index (χ0v) is 17.6. The van der Waals surface area contributed by atoms with Gasteiger partial charge in [0, 0.05) is 25.0 Å². The summed E-state index contributed by atoms with van der Waals surface area (Å²) in [5, 5.41) is 12.4. The largest absolute Gasteiger partial charge is 0.344 e. The summed E-state index contributed by atoms with van der Waals surface area (Å²) in [5.74, 6) is 0.338. The predicted octanol–water partition coefficient (Wildman–Crippen LogP) is 1.50. The molecule has 2 aromatic heterocycles. The fourth-order valence-corrected chi connectivity index (χ4v) is 4.50. The number of aromatic nitrogens is 4. The summed E-state index contributed by atoms with van der Waals surface area (Å²) >= 11 is 1.18. The number of pyridine rings is 1. The standard InChI is InChI=1S/C19H23N7O3S/c1-12-3-7-19(8-4-12)16(28)26(17(29)21-19)24-14(27)11-30-18-23-22-15(25(18)2)13-5-9-20-10-6-13/h5-6,9-10,12H,3-4,7-8,11H2,1-2H3,(H,21,29)(H,24,27). The Morgan fingerprint density at radius 3 is 2.67 bits per heavy atom. The molecule has 1 aliphatic heterocycles. The average Bonchev–Trinajstić information content (AvgIpc) is 3.22. The van der Waals surface area contributed by atoms with Crippen LogP contribution in [-0.2, 0) is 16.6 Å². The van der Waals surface area contributed by atoms with Gasteiger partial charge in [0.25, 0.3) is 5.91 Å². The Kier molecular flexibility index (Phi) is 5.46. The fraction of sp³-hybridized carbons (Fsp3) is 0.474. The first-order chi connectivity index (χ1) is 14.4. The Labute approximate surface area is 177 Å². The number of rotatable bonds is 5. The van der Waals surface area contributed by atoms with Gasteiger partial charge >= 0.3 is 6.03 Å². The van der Waals surface area contributed by atoms with E-state index in [4.69, 9.17) is 0 Å². The molecule has 158 valence electrons. The molecule has 1 aliphatic carbocycles. The molecular formula is C19H23N7O3S. The van der Waals surface area contributed by atoms with Crippen molar-refractivity contribution in [1.29, 1.82) is 0 Å². The highest BCUT2D eigenvalue weighted by molar-refractivity contribution is 7.99. The second-order valence-corrected chi connectivity index (χ2v) is 8.70. The molecule has 2 fully saturated rings. The predicted molar refractivity (Wildman–Crippen MR) is 109 cm³/mol. The topological polar surface area (TPSA) is 122 Å². The Hall–Kier alpha value is -2.95. The number of urea groups is 1. The molecule has 4 rings (SSSR count). The number of thioether (sulfide) groups is 1. The Bertz CT molecular complexity index is 970. The Morgan fingerprint density at radius 2 is 1.97 bits per heavy atom. The maximum Gasteiger partial charge on any atom is 0.344 e. The number of hydrogen-bond acceptors (Lipinski definition) is 7. The molecule has 1 saturated heterocycles. The molecule has 2 aliphatic rings. The summed E-state index contributed by atoms with van der Waals surface area (Å²) in [5.41, 5.74) is 2.42. The van der Waals surface area contributed by atoms with Gasteiger partial charge in [0.05, 0.1) is 5.75 Å². The van der Waals surface area contributed by atoms with Crippen LogP contribution in [-0.4, -0.2) is 53.9 Å². The van der Waals surface area contributed by atoms with Gasteiger partial charge in [-0.25, -0.2) is 4.79 Å². The van der Waals surface area contributed by atoms with Crippen molar-refractivity contribution in [2.24, 2.45) is 13.0 Å². The summed E-state index contributed by atoms with van der Waals surface area (Å²) in [6.07, 6.45) is 6.27. The number of carbonyl (C=O) groups excluding carboxylic acids is 3. The van der Waals surface area contributed by atoms with Gasteiger partial charge < -0.3 is 9.88 Å². The third kappa shape index (κ3) is 3.76. The highest BCUT2D eigenvalue weighted by Crippen LogP contribution is 2.35. The zero-order chi connectivity index (χ0) is 21.3. The zero-order valence-electron chi connectivity index (χ0n) is 16.8. The molecule has 10 nitrogen and oxygen atoms in total. The summed E-state index contributed by atoms with van der Waals surface area (Å²) < 4.78 is 1.78. The van der Waals surface area contributed by atoms with E-state index in [1.807, 2.05) is 12.1 Å². The monoisotopic (exact) mass is 429 g/mol. The maximum absolute atomic E-state index is 12.8. The van der Waals surface area contributed by atoms with E-state index in [2.05, 4.69) is 32.8 Å². The Morgan fingerprint density at radius 1 is 1.27 bits per heavy atom. The fourth-order valence-electron chi connectivity index (χ4n) is 3.80. The molecule has 0 aromatic carbocycles. The van der Waals surface area contributed by atoms with Crippen molar-refractivity contribution in [3.8, 4) is 11.4 Å². The lowest BCUT2D eigenvalue weighted by molar-refractivity contribution is -0.139. The molecule has 0 atom stereocenters. The molecule has 2 aromatic rings. The highest BCUT2D eigenvalue weighted by atomic mass is 32.2. The summed E-state index contributed by atoms with van der Waals surface area (Å²) in [6, 6.07) is 3.07. The molecule has 3 heterocycles. The van der Waals surface area contributed by atoms with Crippen LogP contribution in [0.5, 0.6) is 0 Å². The number of nitrogens with zero attached hydrogens (tertiary/aromatic N) is 5. The minimum Gasteiger partial charge on any atom is -0.322 e. The lowest BCUT2D eigenvalue weighted by Crippen LogP contribution is -2.51. The second-order valence-electron chi connectivity index (χ2n) is 7.76. The van der Waals surface area contributed by atoms with Crippen LogP contribution in [0.4, 0.5) is 4.79 Å². The molecule has 4 amide bonds. The number of nitrogens with one attached hydrogen (secondary N) is 2. The van der Waals surface area contributed by atoms with Gasteiger partial charge in [-0.2, -0.15) is 5.01 Å². The molecule has 0 unspecified atom stereocenters. The maximum atomic E-state index is 12.8. The van der Waals surface area contributed by atoms with Crippen LogP contribution >= 0.6 is 11.8 Å². The lowest BCUT2D eigenvalue weighted by Gasteiger charge is -2.33. The molecule has 2 N–H and O–H groups in total. The lowest BCUT2D eigenvalue weighted by atomic mass is 9.77. The highest BCUT2D eigenvalue weighted by Gasteiger charge is 2.52. The second kappa shape index (κ2) is 8.05. The molecule has 0 radical (unpaired) electrons. The van der Waals surface area contributed by atoms with E-state index in [1.54, 1.807) is 24.0 Å². The molecule has 30 heavy (non-hydrogen) atoms. The van der Waals surface area contributed by atoms with Gasteiger partial charge in [0.1, 0.15) is 5.54 Å². The third-order valence-corrected chi connectivity index (χ3v) is 6.65. The third-order valence-electron chi connectivity index (χ3n) is 5.63. The van der Waals surface area contributed by atoms with Crippen molar-refractivity contribution in [3.05, 3.63) is 24.5 Å². The molecular weight excluding hydrogens is 406 g/mol. The van der Waals surface area contributed by atoms with Crippen LogP contribution in [0.15, 0.2) is 29.7 Å². The van der Waals surface area contributed by atoms with Crippen molar-refractivity contribution in [2.75, 3.05) is 5.75 Å². The van der Waals surface area contributed by atoms with Crippen molar-refractivity contribution in [1.82, 2.24) is 35.5 Å². The van der Waals surface area contributed by atoms with E-state index < -0.39 is 17.5 Å². The Balaban J connectivity index is 1.36. The number of imide groups is 1. The van der Waals surface area contributed by atoms with E-state index in [-0.39, 0.29) is 11.7 Å². The smallest absolute Gasteiger partial charge is 0.322 e. The van der Waals surface area contributed by atoms with Gasteiger partial charge in [0.2, 0.25) is 5.91 Å². The summed E-state index contributed by atoms with van der Waals surface area (Å²) in [7, 11) is 1.81. The first-order valence-corrected chi connectivity index (χ1v) is 10.8. The van der Waals surface area contributed by atoms with E-state index in [1.165, 1.54) is 11.8 Å². The minimum absolute atomic E-state index is 0.0105. The van der Waals surface area contributed by atoms with E-state index in [9.17, 15) is 14.4 Å². The molecule has 11 heteroatoms. The van der Waals surface area contributed by atoms with Crippen LogP contribution in [0.1, 0.15) is 32.6 Å². The SMILES string of the molecule is CC1CCC2(CC1)NC(=O)N(NC(=O)CSc1nnc(-c3ccncc3)n1C)C2=O. The van der Waals surface area contributed by atoms with Gasteiger partial charge in [-0.05, 0) is 43.7 Å². The number of carbonyl (C=O) groups is 3. The van der Waals surface area contributed by atoms with Crippen molar-refractivity contribution in [3.63, 3.8) is 0 Å².